The third kappa shape index (κ3) is 28.1. The molecule has 8 aromatic rings. The summed E-state index contributed by atoms with van der Waals surface area (Å²) in [4.78, 5) is 0. The molecular formula is C104H152O4Si4. The van der Waals surface area contributed by atoms with Crippen molar-refractivity contribution in [1.29, 1.82) is 0 Å². The fraction of sp³-hybridized carbons (Fsp3) is 0.538. The maximum absolute atomic E-state index is 7.71. The first-order chi connectivity index (χ1) is 53.9. The Balaban J connectivity index is 1.36. The molecule has 8 heteroatoms. The van der Waals surface area contributed by atoms with E-state index in [1.54, 1.807) is 0 Å². The third-order valence-corrected chi connectivity index (χ3v) is 32.1. The average molecular weight is 1580 g/mol. The molecule has 0 heterocycles. The lowest BCUT2D eigenvalue weighted by Crippen LogP contribution is -2.37. The highest BCUT2D eigenvalue weighted by molar-refractivity contribution is 6.90. The van der Waals surface area contributed by atoms with Gasteiger partial charge in [-0.15, -0.1) is 0 Å². The largest absolute Gasteiger partial charge is 0.493 e. The lowest BCUT2D eigenvalue weighted by Gasteiger charge is -2.25. The molecule has 0 atom stereocenters. The fourth-order valence-corrected chi connectivity index (χ4v) is 21.3. The normalized spacial score (nSPS) is 12.7. The molecule has 0 aromatic heterocycles. The molecule has 0 amide bonds. The maximum Gasteiger partial charge on any atom is 0.126 e. The zero-order valence-electron chi connectivity index (χ0n) is 73.8. The van der Waals surface area contributed by atoms with Crippen LogP contribution >= 0.6 is 0 Å². The number of benzene rings is 8. The van der Waals surface area contributed by atoms with Crippen LogP contribution < -0.4 is 39.7 Å². The monoisotopic (exact) mass is 1580 g/mol. The van der Waals surface area contributed by atoms with Crippen molar-refractivity contribution in [3.63, 3.8) is 0 Å². The Morgan fingerprint density at radius 2 is 0.330 bits per heavy atom. The number of hydrogen-bond donors (Lipinski definition) is 0. The predicted molar refractivity (Wildman–Crippen MR) is 503 cm³/mol. The van der Waals surface area contributed by atoms with Crippen molar-refractivity contribution < 1.29 is 18.9 Å². The molecule has 8 aromatic carbocycles. The summed E-state index contributed by atoms with van der Waals surface area (Å²) in [6.45, 7) is 41.6. The van der Waals surface area contributed by atoms with E-state index in [1.165, 1.54) is 264 Å². The van der Waals surface area contributed by atoms with Crippen LogP contribution in [0.1, 0.15) is 278 Å². The maximum atomic E-state index is 7.71. The summed E-state index contributed by atoms with van der Waals surface area (Å²) in [5.74, 6) is 4.07. The molecule has 1 aliphatic rings. The number of unbranched alkanes of at least 4 members (excludes halogenated alkanes) is 28. The predicted octanol–water partition coefficient (Wildman–Crippen LogP) is 29.3. The Morgan fingerprint density at radius 3 is 0.473 bits per heavy atom. The zero-order chi connectivity index (χ0) is 79.9. The van der Waals surface area contributed by atoms with Crippen LogP contribution in [0.5, 0.6) is 23.0 Å². The molecule has 9 rings (SSSR count). The van der Waals surface area contributed by atoms with Crippen LogP contribution in [0, 0.1) is 0 Å². The van der Waals surface area contributed by atoms with E-state index in [0.717, 1.165) is 74.4 Å². The summed E-state index contributed by atoms with van der Waals surface area (Å²) in [7, 11) is -6.47. The van der Waals surface area contributed by atoms with Gasteiger partial charge in [0, 0.05) is 25.7 Å². The molecule has 0 N–H and O–H groups in total. The van der Waals surface area contributed by atoms with Crippen LogP contribution in [-0.2, 0) is 25.7 Å². The van der Waals surface area contributed by atoms with E-state index in [4.69, 9.17) is 18.9 Å². The Bertz CT molecular complexity index is 3460. The highest BCUT2D eigenvalue weighted by Gasteiger charge is 2.28. The lowest BCUT2D eigenvalue weighted by molar-refractivity contribution is 0.293. The topological polar surface area (TPSA) is 36.9 Å². The van der Waals surface area contributed by atoms with Crippen LogP contribution in [-0.4, -0.2) is 58.7 Å². The van der Waals surface area contributed by atoms with Gasteiger partial charge in [-0.25, -0.2) is 0 Å². The minimum absolute atomic E-state index is 0.633. The first-order valence-corrected chi connectivity index (χ1v) is 59.5. The van der Waals surface area contributed by atoms with Crippen molar-refractivity contribution in [2.24, 2.45) is 0 Å². The van der Waals surface area contributed by atoms with Crippen LogP contribution in [0.4, 0.5) is 0 Å². The number of rotatable bonds is 48. The first kappa shape index (κ1) is 89.8. The van der Waals surface area contributed by atoms with Crippen LogP contribution in [0.3, 0.4) is 0 Å². The second-order valence-corrected chi connectivity index (χ2v) is 58.1. The van der Waals surface area contributed by atoms with E-state index in [-0.39, 0.29) is 0 Å². The van der Waals surface area contributed by atoms with Crippen LogP contribution in [0.25, 0.3) is 44.5 Å². The quantitative estimate of drug-likeness (QED) is 0.0281. The molecule has 608 valence electrons. The van der Waals surface area contributed by atoms with Crippen molar-refractivity contribution in [1.82, 2.24) is 0 Å². The molecule has 0 unspecified atom stereocenters. The number of hydrogen-bond acceptors (Lipinski definition) is 4. The fourth-order valence-electron chi connectivity index (χ4n) is 16.6. The summed E-state index contributed by atoms with van der Waals surface area (Å²) in [6, 6.07) is 59.0. The summed E-state index contributed by atoms with van der Waals surface area (Å²) >= 11 is 0. The molecular weight excluding hydrogens is 1430 g/mol. The highest BCUT2D eigenvalue weighted by Crippen LogP contribution is 2.45. The number of fused-ring (bicyclic) bond motifs is 8. The third-order valence-electron chi connectivity index (χ3n) is 23.8. The first-order valence-electron chi connectivity index (χ1n) is 45.5. The molecule has 8 bridgehead atoms. The molecule has 0 spiro atoms. The van der Waals surface area contributed by atoms with Gasteiger partial charge in [0.25, 0.3) is 0 Å². The second kappa shape index (κ2) is 45.4. The molecule has 0 aliphatic heterocycles. The minimum Gasteiger partial charge on any atom is -0.493 e. The molecule has 0 saturated carbocycles. The van der Waals surface area contributed by atoms with Gasteiger partial charge in [-0.05, 0) is 163 Å². The van der Waals surface area contributed by atoms with E-state index >= 15 is 0 Å². The van der Waals surface area contributed by atoms with Crippen molar-refractivity contribution in [2.75, 3.05) is 26.4 Å². The van der Waals surface area contributed by atoms with E-state index in [2.05, 4.69) is 252 Å². The van der Waals surface area contributed by atoms with Gasteiger partial charge in [-0.1, -0.05) is 404 Å². The van der Waals surface area contributed by atoms with Crippen molar-refractivity contribution in [3.05, 3.63) is 190 Å². The van der Waals surface area contributed by atoms with Crippen LogP contribution in [0.15, 0.2) is 146 Å². The van der Waals surface area contributed by atoms with Crippen molar-refractivity contribution in [3.8, 4) is 67.5 Å². The smallest absolute Gasteiger partial charge is 0.126 e. The Hall–Kier alpha value is -6.17. The zero-order valence-corrected chi connectivity index (χ0v) is 77.8. The van der Waals surface area contributed by atoms with Gasteiger partial charge in [-0.2, -0.15) is 0 Å². The highest BCUT2D eigenvalue weighted by atomic mass is 28.3. The molecule has 0 fully saturated rings. The SMILES string of the molecule is CCCCCCCCCCOc1c2cc(-c3ccc([Si](C)(C)C)cc3)cc1Cc1cc(-c3ccc([Si](C)(C)C)cc3)cc(c1OCCCCCCCCCC)Cc1cc(-c3ccc([Si](C)(C)C)cc3)cc(c1OCCCCCCCCCC)Cc1cc(-c3ccc([Si](C)(C)C)cc3)cc(c1OCCCCCCCCCC)C2. The molecule has 1 aliphatic carbocycles. The standard InChI is InChI=1S/C104H152O4Si4/c1-17-21-25-29-33-37-41-45-65-105-101-89-69-85(81-49-57-97(58-50-81)109(5,6)7)70-90(101)78-92-72-87(83-53-61-99(62-54-83)111(11,12)13)74-94(103(92)107-67-47-43-39-35-31-27-23-19-3)80-96-76-88(84-55-63-100(64-56-84)112(14,15)16)75-95(104(96)108-68-48-44-40-36-32-28-24-20-4)79-93-73-86(82-51-59-98(60-52-82)110(8,9)10)71-91(77-89)102(93)106-66-46-42-38-34-30-26-22-18-2/h49-64,69-76H,17-48,65-68,77-80H2,1-16H3. The minimum atomic E-state index is -1.62. The van der Waals surface area contributed by atoms with Gasteiger partial charge in [0.1, 0.15) is 23.0 Å². The summed E-state index contributed by atoms with van der Waals surface area (Å²) in [5.41, 5.74) is 19.6. The molecule has 0 saturated heterocycles. The van der Waals surface area contributed by atoms with Gasteiger partial charge < -0.3 is 18.9 Å². The Labute approximate surface area is 688 Å². The van der Waals surface area contributed by atoms with E-state index in [1.807, 2.05) is 0 Å². The molecule has 112 heavy (non-hydrogen) atoms. The Morgan fingerprint density at radius 1 is 0.188 bits per heavy atom. The van der Waals surface area contributed by atoms with Crippen molar-refractivity contribution in [2.45, 2.75) is 337 Å². The summed E-state index contributed by atoms with van der Waals surface area (Å²) in [6.07, 6.45) is 42.3. The van der Waals surface area contributed by atoms with E-state index < -0.39 is 32.3 Å². The Kier molecular flexibility index (Phi) is 36.4. The van der Waals surface area contributed by atoms with Gasteiger partial charge in [0.05, 0.1) is 58.7 Å². The van der Waals surface area contributed by atoms with E-state index in [0.29, 0.717) is 52.1 Å². The van der Waals surface area contributed by atoms with Gasteiger partial charge in [-0.3, -0.25) is 0 Å². The number of ether oxygens (including phenoxy) is 4. The molecule has 0 radical (unpaired) electrons. The second-order valence-electron chi connectivity index (χ2n) is 37.8. The summed E-state index contributed by atoms with van der Waals surface area (Å²) < 4.78 is 30.8. The van der Waals surface area contributed by atoms with E-state index in [9.17, 15) is 0 Å². The van der Waals surface area contributed by atoms with Crippen molar-refractivity contribution >= 4 is 53.0 Å². The van der Waals surface area contributed by atoms with Crippen LogP contribution in [0.2, 0.25) is 78.6 Å². The van der Waals surface area contributed by atoms with Gasteiger partial charge in [0.15, 0.2) is 0 Å². The average Bonchev–Trinajstić information content (AvgIpc) is 0.763. The summed E-state index contributed by atoms with van der Waals surface area (Å²) in [5, 5.41) is 5.90. The molecule has 4 nitrogen and oxygen atoms in total. The van der Waals surface area contributed by atoms with Gasteiger partial charge >= 0.3 is 0 Å². The van der Waals surface area contributed by atoms with Gasteiger partial charge in [0.2, 0.25) is 0 Å². The lowest BCUT2D eigenvalue weighted by atomic mass is 9.86.